The molecule has 0 radical (unpaired) electrons. The molecule has 2 aromatic rings. The minimum atomic E-state index is -0.619. The molecule has 6 nitrogen and oxygen atoms in total. The number of halogens is 1. The van der Waals surface area contributed by atoms with E-state index in [1.807, 2.05) is 18.5 Å². The standard InChI is InChI=1S/C12H18ClN5O/c1-4-9-12(13)11(18(5-2)15-9)7-17-6-10(8(3)19)14-16-17/h6,8,19H,4-5,7H2,1-3H3. The fourth-order valence-electron chi connectivity index (χ4n) is 1.90. The first kappa shape index (κ1) is 14.0. The van der Waals surface area contributed by atoms with Crippen molar-refractivity contribution in [3.63, 3.8) is 0 Å². The molecule has 0 fully saturated rings. The first-order valence-electron chi connectivity index (χ1n) is 6.38. The van der Waals surface area contributed by atoms with E-state index in [1.54, 1.807) is 17.8 Å². The lowest BCUT2D eigenvalue weighted by Gasteiger charge is -2.04. The van der Waals surface area contributed by atoms with Crippen molar-refractivity contribution < 1.29 is 5.11 Å². The topological polar surface area (TPSA) is 68.8 Å². The predicted molar refractivity (Wildman–Crippen MR) is 72.0 cm³/mol. The molecular formula is C12H18ClN5O. The zero-order valence-corrected chi connectivity index (χ0v) is 12.1. The van der Waals surface area contributed by atoms with E-state index >= 15 is 0 Å². The minimum Gasteiger partial charge on any atom is -0.387 e. The number of hydrogen-bond donors (Lipinski definition) is 1. The fourth-order valence-corrected chi connectivity index (χ4v) is 2.23. The number of aliphatic hydroxyl groups is 1. The summed E-state index contributed by atoms with van der Waals surface area (Å²) in [6.45, 7) is 6.97. The molecule has 1 N–H and O–H groups in total. The van der Waals surface area contributed by atoms with Crippen molar-refractivity contribution in [2.75, 3.05) is 0 Å². The number of aliphatic hydroxyl groups excluding tert-OH is 1. The van der Waals surface area contributed by atoms with Gasteiger partial charge < -0.3 is 5.11 Å². The summed E-state index contributed by atoms with van der Waals surface area (Å²) in [6.07, 6.45) is 1.90. The lowest BCUT2D eigenvalue weighted by Crippen LogP contribution is -2.08. The van der Waals surface area contributed by atoms with Gasteiger partial charge in [0.05, 0.1) is 35.3 Å². The van der Waals surface area contributed by atoms with Gasteiger partial charge in [-0.1, -0.05) is 23.7 Å². The van der Waals surface area contributed by atoms with Crippen LogP contribution < -0.4 is 0 Å². The summed E-state index contributed by atoms with van der Waals surface area (Å²) in [5.41, 5.74) is 2.37. The Balaban J connectivity index is 2.29. The van der Waals surface area contributed by atoms with Gasteiger partial charge in [-0.25, -0.2) is 4.68 Å². The molecule has 0 aliphatic heterocycles. The van der Waals surface area contributed by atoms with Crippen LogP contribution in [0.1, 0.15) is 44.0 Å². The molecule has 1 unspecified atom stereocenters. The zero-order valence-electron chi connectivity index (χ0n) is 11.3. The van der Waals surface area contributed by atoms with Crippen LogP contribution in [0.3, 0.4) is 0 Å². The van der Waals surface area contributed by atoms with Crippen molar-refractivity contribution in [3.8, 4) is 0 Å². The van der Waals surface area contributed by atoms with E-state index in [4.69, 9.17) is 11.6 Å². The van der Waals surface area contributed by atoms with Gasteiger partial charge in [0.25, 0.3) is 0 Å². The van der Waals surface area contributed by atoms with Crippen molar-refractivity contribution >= 4 is 11.6 Å². The molecule has 1 atom stereocenters. The number of aromatic nitrogens is 5. The maximum atomic E-state index is 9.44. The smallest absolute Gasteiger partial charge is 0.111 e. The lowest BCUT2D eigenvalue weighted by atomic mass is 10.3. The number of rotatable bonds is 5. The summed E-state index contributed by atoms with van der Waals surface area (Å²) in [7, 11) is 0. The molecular weight excluding hydrogens is 266 g/mol. The molecule has 104 valence electrons. The Morgan fingerprint density at radius 2 is 2.16 bits per heavy atom. The van der Waals surface area contributed by atoms with Gasteiger partial charge in [0.15, 0.2) is 0 Å². The molecule has 2 heterocycles. The first-order chi connectivity index (χ1) is 9.06. The van der Waals surface area contributed by atoms with Gasteiger partial charge in [-0.2, -0.15) is 5.10 Å². The van der Waals surface area contributed by atoms with Crippen molar-refractivity contribution in [2.24, 2.45) is 0 Å². The quantitative estimate of drug-likeness (QED) is 0.909. The number of hydrogen-bond acceptors (Lipinski definition) is 4. The summed E-state index contributed by atoms with van der Waals surface area (Å²) in [6, 6.07) is 0. The summed E-state index contributed by atoms with van der Waals surface area (Å²) in [5, 5.41) is 22.5. The Morgan fingerprint density at radius 1 is 1.42 bits per heavy atom. The van der Waals surface area contributed by atoms with Crippen LogP contribution in [0.15, 0.2) is 6.20 Å². The highest BCUT2D eigenvalue weighted by atomic mass is 35.5. The zero-order chi connectivity index (χ0) is 14.0. The molecule has 0 spiro atoms. The van der Waals surface area contributed by atoms with Crippen LogP contribution in [0.25, 0.3) is 0 Å². The maximum absolute atomic E-state index is 9.44. The third kappa shape index (κ3) is 2.79. The molecule has 0 aliphatic rings. The molecule has 0 amide bonds. The van der Waals surface area contributed by atoms with E-state index in [1.165, 1.54) is 0 Å². The van der Waals surface area contributed by atoms with Gasteiger partial charge in [-0.3, -0.25) is 4.68 Å². The van der Waals surface area contributed by atoms with Gasteiger partial charge in [0.1, 0.15) is 5.69 Å². The average Bonchev–Trinajstić information content (AvgIpc) is 2.96. The summed E-state index contributed by atoms with van der Waals surface area (Å²) < 4.78 is 3.54. The van der Waals surface area contributed by atoms with Crippen LogP contribution in [-0.4, -0.2) is 29.9 Å². The lowest BCUT2D eigenvalue weighted by molar-refractivity contribution is 0.194. The third-order valence-electron chi connectivity index (χ3n) is 2.99. The third-order valence-corrected chi connectivity index (χ3v) is 3.43. The molecule has 2 rings (SSSR count). The Kier molecular flexibility index (Phi) is 4.21. The average molecular weight is 284 g/mol. The normalized spacial score (nSPS) is 12.9. The highest BCUT2D eigenvalue weighted by Gasteiger charge is 2.16. The summed E-state index contributed by atoms with van der Waals surface area (Å²) >= 11 is 6.33. The largest absolute Gasteiger partial charge is 0.387 e. The first-order valence-corrected chi connectivity index (χ1v) is 6.76. The molecule has 19 heavy (non-hydrogen) atoms. The number of aryl methyl sites for hydroxylation is 2. The Bertz CT molecular complexity index is 560. The van der Waals surface area contributed by atoms with Crippen LogP contribution in [0.4, 0.5) is 0 Å². The van der Waals surface area contributed by atoms with E-state index in [-0.39, 0.29) is 0 Å². The molecule has 0 saturated heterocycles. The molecule has 0 bridgehead atoms. The van der Waals surface area contributed by atoms with E-state index in [0.29, 0.717) is 17.3 Å². The van der Waals surface area contributed by atoms with Crippen molar-refractivity contribution in [1.82, 2.24) is 24.8 Å². The van der Waals surface area contributed by atoms with Crippen molar-refractivity contribution in [3.05, 3.63) is 28.3 Å². The highest BCUT2D eigenvalue weighted by Crippen LogP contribution is 2.22. The van der Waals surface area contributed by atoms with Gasteiger partial charge in [-0.15, -0.1) is 5.10 Å². The van der Waals surface area contributed by atoms with Crippen molar-refractivity contribution in [2.45, 2.75) is 46.4 Å². The van der Waals surface area contributed by atoms with Gasteiger partial charge >= 0.3 is 0 Å². The predicted octanol–water partition coefficient (Wildman–Crippen LogP) is 1.81. The monoisotopic (exact) mass is 283 g/mol. The Labute approximate surface area is 117 Å². The minimum absolute atomic E-state index is 0.499. The van der Waals surface area contributed by atoms with Crippen LogP contribution in [0, 0.1) is 0 Å². The van der Waals surface area contributed by atoms with E-state index in [9.17, 15) is 5.11 Å². The van der Waals surface area contributed by atoms with Crippen LogP contribution in [0.2, 0.25) is 5.02 Å². The van der Waals surface area contributed by atoms with E-state index in [2.05, 4.69) is 15.4 Å². The van der Waals surface area contributed by atoms with Gasteiger partial charge in [0.2, 0.25) is 0 Å². The Hall–Kier alpha value is -1.40. The van der Waals surface area contributed by atoms with Gasteiger partial charge in [-0.05, 0) is 20.3 Å². The molecule has 0 aliphatic carbocycles. The second-order valence-corrected chi connectivity index (χ2v) is 4.77. The van der Waals surface area contributed by atoms with Crippen LogP contribution >= 0.6 is 11.6 Å². The maximum Gasteiger partial charge on any atom is 0.111 e. The molecule has 0 saturated carbocycles. The fraction of sp³-hybridized carbons (Fsp3) is 0.583. The molecule has 2 aromatic heterocycles. The second kappa shape index (κ2) is 5.71. The molecule has 7 heteroatoms. The highest BCUT2D eigenvalue weighted by molar-refractivity contribution is 6.31. The SMILES string of the molecule is CCc1nn(CC)c(Cn2cc(C(C)O)nn2)c1Cl. The van der Waals surface area contributed by atoms with E-state index < -0.39 is 6.10 Å². The molecule has 0 aromatic carbocycles. The number of nitrogens with zero attached hydrogens (tertiary/aromatic N) is 5. The summed E-state index contributed by atoms with van der Waals surface area (Å²) in [5.74, 6) is 0. The Morgan fingerprint density at radius 3 is 2.68 bits per heavy atom. The van der Waals surface area contributed by atoms with E-state index in [0.717, 1.165) is 24.4 Å². The van der Waals surface area contributed by atoms with Gasteiger partial charge in [0, 0.05) is 6.54 Å². The second-order valence-electron chi connectivity index (χ2n) is 4.39. The summed E-state index contributed by atoms with van der Waals surface area (Å²) in [4.78, 5) is 0. The van der Waals surface area contributed by atoms with Crippen LogP contribution in [-0.2, 0) is 19.5 Å². The van der Waals surface area contributed by atoms with Crippen molar-refractivity contribution in [1.29, 1.82) is 0 Å². The van der Waals surface area contributed by atoms with Crippen LogP contribution in [0.5, 0.6) is 0 Å².